The highest BCUT2D eigenvalue weighted by Gasteiger charge is 2.41. The molecule has 1 heterocycles. The summed E-state index contributed by atoms with van der Waals surface area (Å²) < 4.78 is 17.4. The number of ether oxygens (including phenoxy) is 3. The number of rotatable bonds is 14. The molecule has 1 unspecified atom stereocenters. The van der Waals surface area contributed by atoms with Crippen molar-refractivity contribution in [3.8, 4) is 0 Å². The zero-order valence-electron chi connectivity index (χ0n) is 23.2. The van der Waals surface area contributed by atoms with E-state index in [0.717, 1.165) is 49.2 Å². The summed E-state index contributed by atoms with van der Waals surface area (Å²) in [6.45, 7) is 16.9. The molecule has 1 rings (SSSR count). The maximum Gasteiger partial charge on any atom is 0.303 e. The van der Waals surface area contributed by atoms with Crippen molar-refractivity contribution in [1.29, 1.82) is 0 Å². The van der Waals surface area contributed by atoms with Crippen LogP contribution in [-0.2, 0) is 23.8 Å². The van der Waals surface area contributed by atoms with E-state index < -0.39 is 5.60 Å². The second-order valence-electron chi connectivity index (χ2n) is 9.86. The van der Waals surface area contributed by atoms with E-state index in [1.165, 1.54) is 19.4 Å². The van der Waals surface area contributed by atoms with Crippen LogP contribution in [0.25, 0.3) is 0 Å². The average Bonchev–Trinajstić information content (AvgIpc) is 2.91. The van der Waals surface area contributed by atoms with E-state index in [-0.39, 0.29) is 28.7 Å². The number of thioether (sulfide) groups is 2. The molecule has 0 aromatic carbocycles. The molecule has 0 saturated carbocycles. The Labute approximate surface area is 222 Å². The summed E-state index contributed by atoms with van der Waals surface area (Å²) in [6, 6.07) is 0. The van der Waals surface area contributed by atoms with Gasteiger partial charge in [0.1, 0.15) is 18.3 Å². The third kappa shape index (κ3) is 11.3. The Balaban J connectivity index is 2.93. The molecule has 0 aliphatic carbocycles. The van der Waals surface area contributed by atoms with Crippen molar-refractivity contribution in [3.63, 3.8) is 0 Å². The first-order valence-corrected chi connectivity index (χ1v) is 15.0. The average molecular weight is 529 g/mol. The molecule has 5 nitrogen and oxygen atoms in total. The van der Waals surface area contributed by atoms with E-state index in [2.05, 4.69) is 71.1 Å². The minimum absolute atomic E-state index is 0.174. The molecule has 3 atom stereocenters. The van der Waals surface area contributed by atoms with Crippen LogP contribution in [-0.4, -0.2) is 52.4 Å². The zero-order chi connectivity index (χ0) is 26.5. The fourth-order valence-electron chi connectivity index (χ4n) is 4.56. The highest BCUT2D eigenvalue weighted by atomic mass is 32.2. The van der Waals surface area contributed by atoms with Crippen LogP contribution in [0, 0.1) is 5.92 Å². The summed E-state index contributed by atoms with van der Waals surface area (Å²) in [5, 5.41) is 0. The Morgan fingerprint density at radius 1 is 1.17 bits per heavy atom. The van der Waals surface area contributed by atoms with E-state index in [0.29, 0.717) is 18.9 Å². The fourth-order valence-corrected chi connectivity index (χ4v) is 7.78. The van der Waals surface area contributed by atoms with Gasteiger partial charge >= 0.3 is 11.9 Å². The highest BCUT2D eigenvalue weighted by Crippen LogP contribution is 2.49. The van der Waals surface area contributed by atoms with E-state index in [4.69, 9.17) is 14.2 Å². The van der Waals surface area contributed by atoms with Crippen LogP contribution < -0.4 is 0 Å². The van der Waals surface area contributed by atoms with Crippen molar-refractivity contribution in [2.24, 2.45) is 5.92 Å². The monoisotopic (exact) mass is 528 g/mol. The Bertz CT molecular complexity index is 723. The number of carbonyl (C=O) groups is 2. The van der Waals surface area contributed by atoms with Gasteiger partial charge in [0.25, 0.3) is 0 Å². The number of carbonyl (C=O) groups excluding carboxylic acids is 2. The predicted octanol–water partition coefficient (Wildman–Crippen LogP) is 7.34. The molecule has 1 aliphatic rings. The van der Waals surface area contributed by atoms with Gasteiger partial charge in [0.15, 0.2) is 0 Å². The van der Waals surface area contributed by atoms with Crippen LogP contribution in [0.3, 0.4) is 0 Å². The van der Waals surface area contributed by atoms with Crippen molar-refractivity contribution in [2.75, 3.05) is 24.7 Å². The van der Waals surface area contributed by atoms with Gasteiger partial charge in [-0.2, -0.15) is 0 Å². The normalized spacial score (nSPS) is 22.9. The van der Waals surface area contributed by atoms with Gasteiger partial charge in [-0.25, -0.2) is 0 Å². The van der Waals surface area contributed by atoms with Crippen LogP contribution in [0.15, 0.2) is 23.3 Å². The second kappa shape index (κ2) is 16.0. The fraction of sp³-hybridized carbons (Fsp3) is 0.786. The van der Waals surface area contributed by atoms with Gasteiger partial charge in [-0.3, -0.25) is 9.59 Å². The molecule has 0 aromatic rings. The lowest BCUT2D eigenvalue weighted by Gasteiger charge is -2.39. The minimum atomic E-state index is -0.541. The van der Waals surface area contributed by atoms with E-state index in [1.54, 1.807) is 0 Å². The Morgan fingerprint density at radius 3 is 2.37 bits per heavy atom. The molecule has 0 spiro atoms. The number of hydrogen-bond acceptors (Lipinski definition) is 7. The summed E-state index contributed by atoms with van der Waals surface area (Å²) in [5.41, 5.74) is 1.91. The topological polar surface area (TPSA) is 61.8 Å². The molecule has 202 valence electrons. The molecule has 1 aliphatic heterocycles. The molecule has 0 bridgehead atoms. The van der Waals surface area contributed by atoms with Crippen LogP contribution in [0.5, 0.6) is 0 Å². The first-order chi connectivity index (χ1) is 16.5. The van der Waals surface area contributed by atoms with Crippen molar-refractivity contribution in [3.05, 3.63) is 23.3 Å². The molecule has 1 saturated heterocycles. The maximum absolute atomic E-state index is 11.9. The van der Waals surface area contributed by atoms with E-state index in [9.17, 15) is 9.59 Å². The maximum atomic E-state index is 11.9. The number of hydrogen-bond donors (Lipinski definition) is 0. The summed E-state index contributed by atoms with van der Waals surface area (Å²) in [5.74, 6) is 2.17. The summed E-state index contributed by atoms with van der Waals surface area (Å²) in [6.07, 6.45) is 9.49. The molecular weight excluding hydrogens is 480 g/mol. The predicted molar refractivity (Wildman–Crippen MR) is 150 cm³/mol. The minimum Gasteiger partial charge on any atom is -0.462 e. The molecule has 0 N–H and O–H groups in total. The van der Waals surface area contributed by atoms with Crippen LogP contribution >= 0.6 is 23.5 Å². The summed E-state index contributed by atoms with van der Waals surface area (Å²) in [7, 11) is 0. The quantitative estimate of drug-likeness (QED) is 0.133. The van der Waals surface area contributed by atoms with Gasteiger partial charge in [0, 0.05) is 13.8 Å². The second-order valence-corrected chi connectivity index (χ2v) is 13.3. The Hall–Kier alpha value is -0.920. The standard InChI is InChI=1S/C28H48O5S2/c1-9-34-28(35-10-2,18-15-21(3)4)22(5)12-11-17-27(8)26(33-24(7)30)14-13-25(20-32-27)16-19-31-23(6)29/h15-16,22,26H,9-14,17-20H2,1-8H3/t22?,26-,27+/m1/s1. The summed E-state index contributed by atoms with van der Waals surface area (Å²) >= 11 is 4.16. The molecule has 0 radical (unpaired) electrons. The molecular formula is C28H48O5S2. The Kier molecular flexibility index (Phi) is 14.7. The van der Waals surface area contributed by atoms with Crippen molar-refractivity contribution in [1.82, 2.24) is 0 Å². The lowest BCUT2D eigenvalue weighted by Crippen LogP contribution is -2.44. The zero-order valence-corrected chi connectivity index (χ0v) is 24.9. The van der Waals surface area contributed by atoms with Crippen molar-refractivity contribution >= 4 is 35.5 Å². The first-order valence-electron chi connectivity index (χ1n) is 13.0. The molecule has 7 heteroatoms. The molecule has 0 aromatic heterocycles. The van der Waals surface area contributed by atoms with Crippen molar-refractivity contribution < 1.29 is 23.8 Å². The van der Waals surface area contributed by atoms with Crippen LogP contribution in [0.2, 0.25) is 0 Å². The summed E-state index contributed by atoms with van der Waals surface area (Å²) in [4.78, 5) is 22.9. The van der Waals surface area contributed by atoms with Crippen molar-refractivity contribution in [2.45, 2.75) is 110 Å². The third-order valence-corrected chi connectivity index (χ3v) is 10.00. The highest BCUT2D eigenvalue weighted by molar-refractivity contribution is 8.18. The smallest absolute Gasteiger partial charge is 0.303 e. The largest absolute Gasteiger partial charge is 0.462 e. The SMILES string of the molecule is CCSC(CC=C(C)C)(SCC)C(C)CCC[C@]1(C)OCC(=CCOC(C)=O)CC[C@H]1OC(C)=O. The van der Waals surface area contributed by atoms with Gasteiger partial charge in [-0.15, -0.1) is 23.5 Å². The molecule has 0 amide bonds. The Morgan fingerprint density at radius 2 is 1.83 bits per heavy atom. The lowest BCUT2D eigenvalue weighted by molar-refractivity contribution is -0.167. The number of allylic oxidation sites excluding steroid dienone is 2. The van der Waals surface area contributed by atoms with Gasteiger partial charge in [0.2, 0.25) is 0 Å². The number of esters is 2. The lowest BCUT2D eigenvalue weighted by atomic mass is 9.87. The van der Waals surface area contributed by atoms with Crippen LogP contribution in [0.4, 0.5) is 0 Å². The van der Waals surface area contributed by atoms with E-state index in [1.807, 2.05) is 6.08 Å². The van der Waals surface area contributed by atoms with E-state index >= 15 is 0 Å². The van der Waals surface area contributed by atoms with Gasteiger partial charge in [-0.1, -0.05) is 38.8 Å². The molecule has 35 heavy (non-hydrogen) atoms. The third-order valence-electron chi connectivity index (χ3n) is 6.60. The first kappa shape index (κ1) is 32.1. The van der Waals surface area contributed by atoms with Crippen LogP contribution in [0.1, 0.15) is 93.9 Å². The van der Waals surface area contributed by atoms with Gasteiger partial charge < -0.3 is 14.2 Å². The molecule has 1 fully saturated rings. The van der Waals surface area contributed by atoms with Gasteiger partial charge in [-0.05, 0) is 81.9 Å². The van der Waals surface area contributed by atoms with Gasteiger partial charge in [0.05, 0.1) is 10.7 Å².